The molecule has 0 aromatic carbocycles. The van der Waals surface area contributed by atoms with Crippen LogP contribution in [0.3, 0.4) is 0 Å². The summed E-state index contributed by atoms with van der Waals surface area (Å²) in [6.07, 6.45) is 2.90. The van der Waals surface area contributed by atoms with Gasteiger partial charge < -0.3 is 14.6 Å². The first-order valence-corrected chi connectivity index (χ1v) is 6.03. The molecule has 1 unspecified atom stereocenters. The van der Waals surface area contributed by atoms with Crippen molar-refractivity contribution in [3.63, 3.8) is 0 Å². The van der Waals surface area contributed by atoms with Crippen molar-refractivity contribution in [1.82, 2.24) is 10.3 Å². The lowest BCUT2D eigenvalue weighted by Gasteiger charge is -2.18. The van der Waals surface area contributed by atoms with Crippen molar-refractivity contribution in [3.8, 4) is 0 Å². The fraction of sp³-hybridized carbons (Fsp3) is 0.750. The van der Waals surface area contributed by atoms with Gasteiger partial charge in [0.2, 0.25) is 0 Å². The van der Waals surface area contributed by atoms with Crippen molar-refractivity contribution in [1.29, 1.82) is 0 Å². The van der Waals surface area contributed by atoms with Crippen LogP contribution in [0.4, 0.5) is 6.01 Å². The van der Waals surface area contributed by atoms with E-state index in [-0.39, 0.29) is 0 Å². The van der Waals surface area contributed by atoms with Gasteiger partial charge in [0.1, 0.15) is 6.26 Å². The summed E-state index contributed by atoms with van der Waals surface area (Å²) in [7, 11) is 2.02. The first kappa shape index (κ1) is 13.0. The lowest BCUT2D eigenvalue weighted by molar-refractivity contribution is 0.502. The Morgan fingerprint density at radius 2 is 2.25 bits per heavy atom. The molecule has 0 saturated carbocycles. The van der Waals surface area contributed by atoms with Crippen molar-refractivity contribution >= 4 is 6.01 Å². The zero-order chi connectivity index (χ0) is 12.0. The van der Waals surface area contributed by atoms with Crippen molar-refractivity contribution in [2.24, 2.45) is 5.92 Å². The van der Waals surface area contributed by atoms with Gasteiger partial charge in [0.05, 0.1) is 5.69 Å². The molecule has 0 fully saturated rings. The summed E-state index contributed by atoms with van der Waals surface area (Å²) in [5, 5.41) is 3.23. The van der Waals surface area contributed by atoms with Crippen molar-refractivity contribution in [3.05, 3.63) is 12.0 Å². The number of anilines is 1. The minimum Gasteiger partial charge on any atom is -0.432 e. The van der Waals surface area contributed by atoms with E-state index in [1.165, 1.54) is 6.42 Å². The monoisotopic (exact) mass is 225 g/mol. The van der Waals surface area contributed by atoms with Crippen molar-refractivity contribution < 1.29 is 4.42 Å². The molecule has 4 nitrogen and oxygen atoms in total. The third-order valence-corrected chi connectivity index (χ3v) is 2.70. The Hall–Kier alpha value is -1.03. The molecule has 1 N–H and O–H groups in total. The Bertz CT molecular complexity index is 298. The third kappa shape index (κ3) is 3.85. The Labute approximate surface area is 98.0 Å². The molecule has 1 heterocycles. The standard InChI is InChI=1S/C12H23N3O/c1-5-10(3)8-15(4)12-14-11(9-16-12)7-13-6-2/h9-10,13H,5-8H2,1-4H3. The Morgan fingerprint density at radius 1 is 1.50 bits per heavy atom. The Kier molecular flexibility index (Phi) is 5.32. The number of nitrogens with zero attached hydrogens (tertiary/aromatic N) is 2. The molecule has 1 rings (SSSR count). The average Bonchev–Trinajstić information content (AvgIpc) is 2.74. The largest absolute Gasteiger partial charge is 0.432 e. The zero-order valence-corrected chi connectivity index (χ0v) is 10.8. The van der Waals surface area contributed by atoms with Crippen LogP contribution in [0, 0.1) is 5.92 Å². The Morgan fingerprint density at radius 3 is 2.88 bits per heavy atom. The van der Waals surface area contributed by atoms with Gasteiger partial charge in [0.15, 0.2) is 0 Å². The lowest BCUT2D eigenvalue weighted by atomic mass is 10.1. The fourth-order valence-corrected chi connectivity index (χ4v) is 1.48. The number of hydrogen-bond donors (Lipinski definition) is 1. The topological polar surface area (TPSA) is 41.3 Å². The van der Waals surface area contributed by atoms with Gasteiger partial charge in [-0.2, -0.15) is 4.98 Å². The molecule has 0 bridgehead atoms. The maximum Gasteiger partial charge on any atom is 0.297 e. The van der Waals surface area contributed by atoms with Crippen LogP contribution in [-0.4, -0.2) is 25.1 Å². The molecule has 16 heavy (non-hydrogen) atoms. The van der Waals surface area contributed by atoms with Crippen LogP contribution in [0.2, 0.25) is 0 Å². The van der Waals surface area contributed by atoms with Crippen LogP contribution >= 0.6 is 0 Å². The van der Waals surface area contributed by atoms with E-state index in [0.29, 0.717) is 11.9 Å². The van der Waals surface area contributed by atoms with Crippen LogP contribution in [0.25, 0.3) is 0 Å². The maximum absolute atomic E-state index is 5.44. The summed E-state index contributed by atoms with van der Waals surface area (Å²) in [4.78, 5) is 6.50. The van der Waals surface area contributed by atoms with Crippen molar-refractivity contribution in [2.75, 3.05) is 25.0 Å². The molecule has 1 atom stereocenters. The number of nitrogens with one attached hydrogen (secondary N) is 1. The van der Waals surface area contributed by atoms with Gasteiger partial charge in [-0.1, -0.05) is 27.2 Å². The molecule has 0 saturated heterocycles. The molecular formula is C12H23N3O. The molecule has 0 aliphatic heterocycles. The van der Waals surface area contributed by atoms with E-state index in [1.54, 1.807) is 6.26 Å². The van der Waals surface area contributed by atoms with E-state index in [9.17, 15) is 0 Å². The predicted molar refractivity (Wildman–Crippen MR) is 66.6 cm³/mol. The molecule has 4 heteroatoms. The number of oxazole rings is 1. The smallest absolute Gasteiger partial charge is 0.297 e. The van der Waals surface area contributed by atoms with Gasteiger partial charge in [-0.25, -0.2) is 0 Å². The van der Waals surface area contributed by atoms with E-state index in [1.807, 2.05) is 7.05 Å². The molecule has 1 aromatic heterocycles. The van der Waals surface area contributed by atoms with E-state index in [2.05, 4.69) is 36.0 Å². The molecule has 1 aromatic rings. The van der Waals surface area contributed by atoms with E-state index in [0.717, 1.165) is 25.3 Å². The molecular weight excluding hydrogens is 202 g/mol. The Balaban J connectivity index is 2.49. The van der Waals surface area contributed by atoms with Gasteiger partial charge in [0.25, 0.3) is 6.01 Å². The highest BCUT2D eigenvalue weighted by Gasteiger charge is 2.11. The summed E-state index contributed by atoms with van der Waals surface area (Å²) in [5.41, 5.74) is 0.966. The molecule has 0 aliphatic carbocycles. The maximum atomic E-state index is 5.44. The molecule has 92 valence electrons. The quantitative estimate of drug-likeness (QED) is 0.773. The molecule has 0 radical (unpaired) electrons. The summed E-state index contributed by atoms with van der Waals surface area (Å²) in [5.74, 6) is 0.661. The second-order valence-corrected chi connectivity index (χ2v) is 4.30. The predicted octanol–water partition coefficient (Wildman–Crippen LogP) is 2.27. The van der Waals surface area contributed by atoms with E-state index < -0.39 is 0 Å². The number of aromatic nitrogens is 1. The second kappa shape index (κ2) is 6.53. The van der Waals surface area contributed by atoms with Gasteiger partial charge in [-0.3, -0.25) is 0 Å². The summed E-state index contributed by atoms with van der Waals surface area (Å²) >= 11 is 0. The van der Waals surface area contributed by atoms with Crippen LogP contribution in [0.5, 0.6) is 0 Å². The van der Waals surface area contributed by atoms with E-state index in [4.69, 9.17) is 4.42 Å². The average molecular weight is 225 g/mol. The fourth-order valence-electron chi connectivity index (χ4n) is 1.48. The van der Waals surface area contributed by atoms with Gasteiger partial charge in [0, 0.05) is 20.1 Å². The summed E-state index contributed by atoms with van der Waals surface area (Å²) in [6.45, 7) is 9.22. The van der Waals surface area contributed by atoms with Gasteiger partial charge in [-0.05, 0) is 12.5 Å². The SMILES string of the molecule is CCNCc1coc(N(C)CC(C)CC)n1. The minimum atomic E-state index is 0.661. The van der Waals surface area contributed by atoms with Gasteiger partial charge in [-0.15, -0.1) is 0 Å². The molecule has 0 spiro atoms. The highest BCUT2D eigenvalue weighted by atomic mass is 16.4. The van der Waals surface area contributed by atoms with Crippen LogP contribution in [0.1, 0.15) is 32.9 Å². The van der Waals surface area contributed by atoms with Crippen LogP contribution in [0.15, 0.2) is 10.7 Å². The first-order valence-electron chi connectivity index (χ1n) is 6.03. The normalized spacial score (nSPS) is 12.8. The van der Waals surface area contributed by atoms with E-state index >= 15 is 0 Å². The number of hydrogen-bond acceptors (Lipinski definition) is 4. The molecule has 0 amide bonds. The first-order chi connectivity index (χ1) is 7.67. The summed E-state index contributed by atoms with van der Waals surface area (Å²) < 4.78 is 5.44. The zero-order valence-electron chi connectivity index (χ0n) is 10.8. The van der Waals surface area contributed by atoms with Gasteiger partial charge >= 0.3 is 0 Å². The van der Waals surface area contributed by atoms with Crippen molar-refractivity contribution in [2.45, 2.75) is 33.7 Å². The second-order valence-electron chi connectivity index (χ2n) is 4.30. The highest BCUT2D eigenvalue weighted by Crippen LogP contribution is 2.14. The third-order valence-electron chi connectivity index (χ3n) is 2.70. The highest BCUT2D eigenvalue weighted by molar-refractivity contribution is 5.25. The van der Waals surface area contributed by atoms with Crippen LogP contribution < -0.4 is 10.2 Å². The molecule has 0 aliphatic rings. The van der Waals surface area contributed by atoms with Crippen LogP contribution in [-0.2, 0) is 6.54 Å². The number of rotatable bonds is 7. The minimum absolute atomic E-state index is 0.661. The summed E-state index contributed by atoms with van der Waals surface area (Å²) in [6, 6.07) is 0.716. The lowest BCUT2D eigenvalue weighted by Crippen LogP contribution is -2.24.